The van der Waals surface area contributed by atoms with Crippen molar-refractivity contribution in [2.75, 3.05) is 4.90 Å². The third kappa shape index (κ3) is 2.50. The summed E-state index contributed by atoms with van der Waals surface area (Å²) in [5.41, 5.74) is 0.819. The molecule has 100 valence electrons. The fraction of sp³-hybridized carbons (Fsp3) is 0.357. The topological polar surface area (TPSA) is 74.7 Å². The minimum Gasteiger partial charge on any atom is -0.478 e. The first-order valence-corrected chi connectivity index (χ1v) is 6.21. The number of nitrogens with zero attached hydrogens (tertiary/aromatic N) is 1. The van der Waals surface area contributed by atoms with Crippen molar-refractivity contribution in [1.82, 2.24) is 0 Å². The zero-order chi connectivity index (χ0) is 14.0. The maximum absolute atomic E-state index is 12.1. The second kappa shape index (κ2) is 5.22. The van der Waals surface area contributed by atoms with Crippen molar-refractivity contribution in [2.45, 2.75) is 32.6 Å². The van der Waals surface area contributed by atoms with Gasteiger partial charge in [0.25, 0.3) is 0 Å². The van der Waals surface area contributed by atoms with Crippen LogP contribution >= 0.6 is 0 Å². The van der Waals surface area contributed by atoms with E-state index in [9.17, 15) is 19.5 Å². The molecule has 0 bridgehead atoms. The molecule has 2 rings (SSSR count). The number of carboxylic acids is 1. The Balaban J connectivity index is 2.58. The molecule has 0 saturated carbocycles. The molecule has 0 spiro atoms. The van der Waals surface area contributed by atoms with E-state index in [4.69, 9.17) is 0 Å². The number of carboxylic acid groups (broad SMARTS) is 1. The highest BCUT2D eigenvalue weighted by molar-refractivity contribution is 6.18. The van der Waals surface area contributed by atoms with Crippen molar-refractivity contribution in [1.29, 1.82) is 0 Å². The molecule has 1 fully saturated rings. The Morgan fingerprint density at radius 3 is 2.26 bits per heavy atom. The van der Waals surface area contributed by atoms with Crippen molar-refractivity contribution in [3.8, 4) is 0 Å². The first-order valence-electron chi connectivity index (χ1n) is 6.21. The Hall–Kier alpha value is -2.17. The summed E-state index contributed by atoms with van der Waals surface area (Å²) >= 11 is 0. The van der Waals surface area contributed by atoms with E-state index in [0.29, 0.717) is 18.4 Å². The quantitative estimate of drug-likeness (QED) is 0.827. The molecule has 1 saturated heterocycles. The number of hydrogen-bond donors (Lipinski definition) is 1. The van der Waals surface area contributed by atoms with Gasteiger partial charge in [-0.05, 0) is 31.4 Å². The molecule has 5 nitrogen and oxygen atoms in total. The third-order valence-electron chi connectivity index (χ3n) is 3.22. The number of anilines is 1. The van der Waals surface area contributed by atoms with Gasteiger partial charge in [0.05, 0.1) is 11.3 Å². The minimum atomic E-state index is -1.14. The van der Waals surface area contributed by atoms with Gasteiger partial charge in [-0.3, -0.25) is 9.59 Å². The lowest BCUT2D eigenvalue weighted by atomic mass is 10.1. The van der Waals surface area contributed by atoms with Crippen molar-refractivity contribution < 1.29 is 19.5 Å². The van der Waals surface area contributed by atoms with Gasteiger partial charge >= 0.3 is 5.97 Å². The first kappa shape index (κ1) is 13.3. The van der Waals surface area contributed by atoms with Crippen LogP contribution in [0.15, 0.2) is 18.2 Å². The normalized spacial score (nSPS) is 16.4. The number of aryl methyl sites for hydroxylation is 1. The van der Waals surface area contributed by atoms with Crippen LogP contribution in [0.4, 0.5) is 5.69 Å². The first-order chi connectivity index (χ1) is 9.02. The van der Waals surface area contributed by atoms with E-state index >= 15 is 0 Å². The van der Waals surface area contributed by atoms with Gasteiger partial charge in [-0.25, -0.2) is 9.69 Å². The number of hydrogen-bond acceptors (Lipinski definition) is 3. The predicted octanol–water partition coefficient (Wildman–Crippen LogP) is 2.13. The number of rotatable bonds is 2. The van der Waals surface area contributed by atoms with Crippen molar-refractivity contribution in [3.05, 3.63) is 29.3 Å². The highest BCUT2D eigenvalue weighted by Crippen LogP contribution is 2.29. The maximum Gasteiger partial charge on any atom is 0.337 e. The molecule has 5 heteroatoms. The maximum atomic E-state index is 12.1. The predicted molar refractivity (Wildman–Crippen MR) is 69.1 cm³/mol. The van der Waals surface area contributed by atoms with E-state index in [2.05, 4.69) is 0 Å². The molecule has 19 heavy (non-hydrogen) atoms. The van der Waals surface area contributed by atoms with Crippen molar-refractivity contribution >= 4 is 23.5 Å². The van der Waals surface area contributed by atoms with Crippen LogP contribution in [0.3, 0.4) is 0 Å². The lowest BCUT2D eigenvalue weighted by Gasteiger charge is -2.22. The van der Waals surface area contributed by atoms with Crippen molar-refractivity contribution in [3.63, 3.8) is 0 Å². The lowest BCUT2D eigenvalue weighted by Crippen LogP contribution is -2.36. The number of para-hydroxylation sites is 1. The zero-order valence-electron chi connectivity index (χ0n) is 10.7. The van der Waals surface area contributed by atoms with Crippen molar-refractivity contribution in [2.24, 2.45) is 0 Å². The van der Waals surface area contributed by atoms with Gasteiger partial charge in [0, 0.05) is 12.8 Å². The Labute approximate surface area is 110 Å². The second-order valence-corrected chi connectivity index (χ2v) is 4.61. The molecule has 2 amide bonds. The Morgan fingerprint density at radius 2 is 1.74 bits per heavy atom. The Kier molecular flexibility index (Phi) is 3.64. The summed E-state index contributed by atoms with van der Waals surface area (Å²) in [7, 11) is 0. The zero-order valence-corrected chi connectivity index (χ0v) is 10.7. The molecule has 1 heterocycles. The summed E-state index contributed by atoms with van der Waals surface area (Å²) in [4.78, 5) is 36.4. The molecular formula is C14H15NO4. The average Bonchev–Trinajstić information content (AvgIpc) is 2.51. The number of imide groups is 1. The molecule has 0 radical (unpaired) electrons. The fourth-order valence-electron chi connectivity index (χ4n) is 2.29. The molecule has 1 N–H and O–H groups in total. The molecule has 1 aliphatic rings. The number of carbonyl (C=O) groups is 3. The van der Waals surface area contributed by atoms with Gasteiger partial charge in [0.15, 0.2) is 0 Å². The van der Waals surface area contributed by atoms with Crippen LogP contribution < -0.4 is 4.90 Å². The van der Waals surface area contributed by atoms with E-state index in [1.165, 1.54) is 6.07 Å². The van der Waals surface area contributed by atoms with Gasteiger partial charge < -0.3 is 5.11 Å². The monoisotopic (exact) mass is 261 g/mol. The second-order valence-electron chi connectivity index (χ2n) is 4.61. The highest BCUT2D eigenvalue weighted by Gasteiger charge is 2.30. The summed E-state index contributed by atoms with van der Waals surface area (Å²) < 4.78 is 0. The van der Waals surface area contributed by atoms with Crippen LogP contribution in [-0.2, 0) is 9.59 Å². The van der Waals surface area contributed by atoms with E-state index < -0.39 is 5.97 Å². The summed E-state index contributed by atoms with van der Waals surface area (Å²) in [6.07, 6.45) is 1.88. The molecule has 0 unspecified atom stereocenters. The SMILES string of the molecule is Cc1cccc(C(=O)O)c1N1C(=O)CCCCC1=O. The van der Waals surface area contributed by atoms with E-state index in [0.717, 1.165) is 4.90 Å². The van der Waals surface area contributed by atoms with Crippen LogP contribution in [0, 0.1) is 6.92 Å². The smallest absolute Gasteiger partial charge is 0.337 e. The van der Waals surface area contributed by atoms with Crippen LogP contribution in [0.1, 0.15) is 41.6 Å². The molecular weight excluding hydrogens is 246 g/mol. The van der Waals surface area contributed by atoms with E-state index in [-0.39, 0.29) is 35.9 Å². The third-order valence-corrected chi connectivity index (χ3v) is 3.22. The van der Waals surface area contributed by atoms with Gasteiger partial charge in [-0.2, -0.15) is 0 Å². The number of carbonyl (C=O) groups excluding carboxylic acids is 2. The van der Waals surface area contributed by atoms with E-state index in [1.54, 1.807) is 19.1 Å². The van der Waals surface area contributed by atoms with E-state index in [1.807, 2.05) is 0 Å². The number of aromatic carboxylic acids is 1. The summed E-state index contributed by atoms with van der Waals surface area (Å²) in [5, 5.41) is 9.21. The molecule has 0 aromatic heterocycles. The molecule has 1 aliphatic heterocycles. The summed E-state index contributed by atoms with van der Waals surface area (Å²) in [5.74, 6) is -1.78. The summed E-state index contributed by atoms with van der Waals surface area (Å²) in [6, 6.07) is 4.72. The minimum absolute atomic E-state index is 0.0106. The summed E-state index contributed by atoms with van der Waals surface area (Å²) in [6.45, 7) is 1.70. The van der Waals surface area contributed by atoms with Gasteiger partial charge in [-0.1, -0.05) is 12.1 Å². The Morgan fingerprint density at radius 1 is 1.16 bits per heavy atom. The van der Waals surface area contributed by atoms with Gasteiger partial charge in [0.1, 0.15) is 0 Å². The van der Waals surface area contributed by atoms with Crippen LogP contribution in [0.2, 0.25) is 0 Å². The van der Waals surface area contributed by atoms with Crippen LogP contribution in [-0.4, -0.2) is 22.9 Å². The van der Waals surface area contributed by atoms with Gasteiger partial charge in [-0.15, -0.1) is 0 Å². The average molecular weight is 261 g/mol. The molecule has 1 aromatic rings. The number of benzene rings is 1. The number of amides is 2. The van der Waals surface area contributed by atoms with Crippen LogP contribution in [0.25, 0.3) is 0 Å². The standard InChI is InChI=1S/C14H15NO4/c1-9-5-4-6-10(14(18)19)13(9)15-11(16)7-2-3-8-12(15)17/h4-6H,2-3,7-8H2,1H3,(H,18,19). The molecule has 0 aliphatic carbocycles. The van der Waals surface area contributed by atoms with Gasteiger partial charge in [0.2, 0.25) is 11.8 Å². The largest absolute Gasteiger partial charge is 0.478 e. The van der Waals surface area contributed by atoms with Crippen LogP contribution in [0.5, 0.6) is 0 Å². The Bertz CT molecular complexity index is 532. The molecule has 1 aromatic carbocycles. The fourth-order valence-corrected chi connectivity index (χ4v) is 2.29. The molecule has 0 atom stereocenters. The lowest BCUT2D eigenvalue weighted by molar-refractivity contribution is -0.125. The highest BCUT2D eigenvalue weighted by atomic mass is 16.4.